The summed E-state index contributed by atoms with van der Waals surface area (Å²) in [5.74, 6) is 0.466. The van der Waals surface area contributed by atoms with E-state index in [9.17, 15) is 0 Å². The number of hydrogen-bond acceptors (Lipinski definition) is 3. The zero-order valence-corrected chi connectivity index (χ0v) is 8.21. The molecule has 0 atom stereocenters. The Morgan fingerprint density at radius 3 is 2.93 bits per heavy atom. The summed E-state index contributed by atoms with van der Waals surface area (Å²) in [6.45, 7) is 0. The lowest BCUT2D eigenvalue weighted by Crippen LogP contribution is -2.07. The Morgan fingerprint density at radius 1 is 1.43 bits per heavy atom. The first kappa shape index (κ1) is 9.01. The van der Waals surface area contributed by atoms with Crippen LogP contribution in [0.1, 0.15) is 29.5 Å². The predicted molar refractivity (Wildman–Crippen MR) is 52.1 cm³/mol. The summed E-state index contributed by atoms with van der Waals surface area (Å²) in [5, 5.41) is 9.04. The van der Waals surface area contributed by atoms with Crippen molar-refractivity contribution in [2.45, 2.75) is 25.7 Å². The number of aromatic nitrogens is 1. The molecule has 1 aliphatic carbocycles. The van der Waals surface area contributed by atoms with Crippen LogP contribution in [0.2, 0.25) is 0 Å². The monoisotopic (exact) mass is 188 g/mol. The predicted octanol–water partition coefficient (Wildman–Crippen LogP) is 1.84. The number of nitrogens with zero attached hydrogens (tertiary/aromatic N) is 2. The average Bonchev–Trinajstić information content (AvgIpc) is 2.27. The lowest BCUT2D eigenvalue weighted by Gasteiger charge is -2.17. The zero-order chi connectivity index (χ0) is 9.97. The van der Waals surface area contributed by atoms with Gasteiger partial charge in [0, 0.05) is 6.20 Å². The van der Waals surface area contributed by atoms with Crippen LogP contribution in [0.25, 0.3) is 0 Å². The second-order valence-corrected chi connectivity index (χ2v) is 3.47. The minimum absolute atomic E-state index is 0.466. The van der Waals surface area contributed by atoms with Crippen molar-refractivity contribution in [1.82, 2.24) is 4.98 Å². The van der Waals surface area contributed by atoms with E-state index < -0.39 is 0 Å². The fraction of sp³-hybridized carbons (Fsp3) is 0.455. The van der Waals surface area contributed by atoms with Crippen molar-refractivity contribution < 1.29 is 4.74 Å². The fourth-order valence-corrected chi connectivity index (χ4v) is 1.96. The van der Waals surface area contributed by atoms with Crippen LogP contribution >= 0.6 is 0 Å². The zero-order valence-electron chi connectivity index (χ0n) is 8.21. The van der Waals surface area contributed by atoms with Gasteiger partial charge >= 0.3 is 0 Å². The first-order chi connectivity index (χ1) is 6.86. The highest BCUT2D eigenvalue weighted by atomic mass is 16.5. The van der Waals surface area contributed by atoms with E-state index in [4.69, 9.17) is 10.00 Å². The molecule has 72 valence electrons. The molecule has 0 saturated carbocycles. The molecular formula is C11H12N2O. The Morgan fingerprint density at radius 2 is 2.21 bits per heavy atom. The molecule has 0 bridgehead atoms. The van der Waals surface area contributed by atoms with Crippen molar-refractivity contribution in [3.05, 3.63) is 22.9 Å². The summed E-state index contributed by atoms with van der Waals surface area (Å²) < 4.78 is 5.07. The highest BCUT2D eigenvalue weighted by Crippen LogP contribution is 2.28. The second-order valence-electron chi connectivity index (χ2n) is 3.47. The van der Waals surface area contributed by atoms with Crippen LogP contribution < -0.4 is 4.74 Å². The maximum absolute atomic E-state index is 9.04. The maximum atomic E-state index is 9.04. The molecule has 0 fully saturated rings. The van der Waals surface area contributed by atoms with Crippen molar-refractivity contribution in [3.8, 4) is 11.9 Å². The van der Waals surface area contributed by atoms with E-state index in [0.717, 1.165) is 24.8 Å². The molecule has 0 aromatic carbocycles. The van der Waals surface area contributed by atoms with Gasteiger partial charge in [0.05, 0.1) is 7.11 Å². The van der Waals surface area contributed by atoms with Crippen LogP contribution in [0.5, 0.6) is 5.88 Å². The van der Waals surface area contributed by atoms with E-state index in [-0.39, 0.29) is 0 Å². The molecule has 2 rings (SSSR count). The van der Waals surface area contributed by atoms with Crippen molar-refractivity contribution in [3.63, 3.8) is 0 Å². The van der Waals surface area contributed by atoms with Gasteiger partial charge in [0.2, 0.25) is 5.88 Å². The van der Waals surface area contributed by atoms with Gasteiger partial charge in [-0.1, -0.05) is 0 Å². The lowest BCUT2D eigenvalue weighted by atomic mass is 9.90. The minimum atomic E-state index is 0.466. The minimum Gasteiger partial charge on any atom is -0.480 e. The first-order valence-corrected chi connectivity index (χ1v) is 4.81. The Kier molecular flexibility index (Phi) is 2.36. The third-order valence-corrected chi connectivity index (χ3v) is 2.67. The maximum Gasteiger partial charge on any atom is 0.231 e. The number of nitriles is 1. The summed E-state index contributed by atoms with van der Waals surface area (Å²) in [6.07, 6.45) is 6.23. The highest BCUT2D eigenvalue weighted by molar-refractivity contribution is 5.49. The molecule has 0 amide bonds. The largest absolute Gasteiger partial charge is 0.480 e. The number of methoxy groups -OCH3 is 1. The Balaban J connectivity index is 2.57. The van der Waals surface area contributed by atoms with Gasteiger partial charge < -0.3 is 4.74 Å². The van der Waals surface area contributed by atoms with Crippen molar-refractivity contribution in [1.29, 1.82) is 5.26 Å². The molecular weight excluding hydrogens is 176 g/mol. The van der Waals surface area contributed by atoms with E-state index in [0.29, 0.717) is 11.4 Å². The standard InChI is InChI=1S/C11H12N2O/c1-14-11-10(6-12)9-5-3-2-4-8(9)7-13-11/h7H,2-5H2,1H3. The van der Waals surface area contributed by atoms with Gasteiger partial charge in [-0.25, -0.2) is 4.98 Å². The number of pyridine rings is 1. The first-order valence-electron chi connectivity index (χ1n) is 4.81. The van der Waals surface area contributed by atoms with E-state index in [1.54, 1.807) is 7.11 Å². The summed E-state index contributed by atoms with van der Waals surface area (Å²) in [6, 6.07) is 2.19. The quantitative estimate of drug-likeness (QED) is 0.675. The van der Waals surface area contributed by atoms with Crippen LogP contribution in [-0.4, -0.2) is 12.1 Å². The van der Waals surface area contributed by atoms with Crippen LogP contribution in [-0.2, 0) is 12.8 Å². The molecule has 1 aromatic heterocycles. The summed E-state index contributed by atoms with van der Waals surface area (Å²) in [7, 11) is 1.55. The lowest BCUT2D eigenvalue weighted by molar-refractivity contribution is 0.394. The molecule has 1 heterocycles. The molecule has 3 heteroatoms. The van der Waals surface area contributed by atoms with Crippen LogP contribution in [0.15, 0.2) is 6.20 Å². The van der Waals surface area contributed by atoms with Crippen LogP contribution in [0.4, 0.5) is 0 Å². The molecule has 0 N–H and O–H groups in total. The third-order valence-electron chi connectivity index (χ3n) is 2.67. The third kappa shape index (κ3) is 1.33. The highest BCUT2D eigenvalue weighted by Gasteiger charge is 2.17. The smallest absolute Gasteiger partial charge is 0.231 e. The molecule has 14 heavy (non-hydrogen) atoms. The van der Waals surface area contributed by atoms with Crippen molar-refractivity contribution in [2.75, 3.05) is 7.11 Å². The summed E-state index contributed by atoms with van der Waals surface area (Å²) in [5.41, 5.74) is 2.99. The number of fused-ring (bicyclic) bond motifs is 1. The topological polar surface area (TPSA) is 45.9 Å². The molecule has 1 aliphatic rings. The van der Waals surface area contributed by atoms with Crippen molar-refractivity contribution in [2.24, 2.45) is 0 Å². The summed E-state index contributed by atoms with van der Waals surface area (Å²) in [4.78, 5) is 4.14. The van der Waals surface area contributed by atoms with Gasteiger partial charge in [0.1, 0.15) is 11.6 Å². The van der Waals surface area contributed by atoms with Gasteiger partial charge in [0.15, 0.2) is 0 Å². The molecule has 0 spiro atoms. The van der Waals surface area contributed by atoms with Gasteiger partial charge in [-0.2, -0.15) is 5.26 Å². The van der Waals surface area contributed by atoms with Gasteiger partial charge in [-0.15, -0.1) is 0 Å². The average molecular weight is 188 g/mol. The Bertz CT molecular complexity index is 393. The van der Waals surface area contributed by atoms with E-state index in [2.05, 4.69) is 11.1 Å². The van der Waals surface area contributed by atoms with Crippen LogP contribution in [0, 0.1) is 11.3 Å². The molecule has 3 nitrogen and oxygen atoms in total. The molecule has 1 aromatic rings. The number of hydrogen-bond donors (Lipinski definition) is 0. The summed E-state index contributed by atoms with van der Waals surface area (Å²) >= 11 is 0. The molecule has 0 unspecified atom stereocenters. The molecule has 0 aliphatic heterocycles. The van der Waals surface area contributed by atoms with Crippen molar-refractivity contribution >= 4 is 0 Å². The van der Waals surface area contributed by atoms with E-state index >= 15 is 0 Å². The number of ether oxygens (including phenoxy) is 1. The van der Waals surface area contributed by atoms with Gasteiger partial charge in [0.25, 0.3) is 0 Å². The second kappa shape index (κ2) is 3.67. The molecule has 0 saturated heterocycles. The number of aryl methyl sites for hydroxylation is 1. The SMILES string of the molecule is COc1ncc2c(c1C#N)CCCC2. The molecule has 0 radical (unpaired) electrons. The van der Waals surface area contributed by atoms with Crippen LogP contribution in [0.3, 0.4) is 0 Å². The van der Waals surface area contributed by atoms with Gasteiger partial charge in [-0.05, 0) is 36.8 Å². The normalized spacial score (nSPS) is 14.3. The Hall–Kier alpha value is -1.56. The van der Waals surface area contributed by atoms with E-state index in [1.807, 2.05) is 6.20 Å². The number of rotatable bonds is 1. The van der Waals surface area contributed by atoms with E-state index in [1.165, 1.54) is 12.0 Å². The Labute approximate surface area is 83.3 Å². The van der Waals surface area contributed by atoms with Gasteiger partial charge in [-0.3, -0.25) is 0 Å². The fourth-order valence-electron chi connectivity index (χ4n) is 1.96.